The molecule has 0 aromatic rings. The van der Waals surface area contributed by atoms with E-state index in [0.29, 0.717) is 0 Å². The third-order valence-corrected chi connectivity index (χ3v) is 0.586. The van der Waals surface area contributed by atoms with Crippen LogP contribution in [0.2, 0.25) is 0 Å². The van der Waals surface area contributed by atoms with E-state index in [0.717, 1.165) is 6.42 Å². The maximum atomic E-state index is 2.99. The van der Waals surface area contributed by atoms with Crippen molar-refractivity contribution < 1.29 is 20.1 Å². The Morgan fingerprint density at radius 2 is 1.36 bits per heavy atom. The van der Waals surface area contributed by atoms with E-state index in [4.69, 9.17) is 0 Å². The minimum atomic E-state index is 0. The monoisotopic (exact) mass is 337 g/mol. The van der Waals surface area contributed by atoms with Crippen LogP contribution in [0.15, 0.2) is 18.2 Å². The Bertz CT molecular complexity index is 62.9. The zero-order chi connectivity index (χ0) is 3.54. The van der Waals surface area contributed by atoms with Crippen molar-refractivity contribution >= 4 is 0 Å². The van der Waals surface area contributed by atoms with Crippen LogP contribution in [0.25, 0.3) is 0 Å². The van der Waals surface area contributed by atoms with Crippen LogP contribution in [0.5, 0.6) is 0 Å². The normalized spacial score (nSPS) is 8.00. The van der Waals surface area contributed by atoms with Gasteiger partial charge < -0.3 is 37.1 Å². The standard InChI is InChI=1S/C5H5.5CH3.Ir.4H/c1-2-4-5-3-1;;;;;;;;;;/h1-3H,4H2;5*1H3;;;;;/q6*-1;;;;;. The van der Waals surface area contributed by atoms with Gasteiger partial charge in [-0.15, -0.1) is 6.42 Å². The molecule has 1 rings (SSSR count). The molecule has 0 atom stereocenters. The first-order valence-corrected chi connectivity index (χ1v) is 1.72. The van der Waals surface area contributed by atoms with Gasteiger partial charge in [-0.1, -0.05) is 0 Å². The van der Waals surface area contributed by atoms with Gasteiger partial charge >= 0.3 is 20.1 Å². The second kappa shape index (κ2) is 32.1. The van der Waals surface area contributed by atoms with E-state index in [2.05, 4.69) is 12.2 Å². The van der Waals surface area contributed by atoms with Crippen LogP contribution in [0.1, 0.15) is 6.42 Å². The third-order valence-electron chi connectivity index (χ3n) is 0.586. The predicted octanol–water partition coefficient (Wildman–Crippen LogP) is 2.48. The Morgan fingerprint density at radius 1 is 0.909 bits per heavy atom. The summed E-state index contributed by atoms with van der Waals surface area (Å²) in [7, 11) is 0. The third kappa shape index (κ3) is 25.4. The second-order valence-electron chi connectivity index (χ2n) is 1.00. The molecule has 1 radical (unpaired) electrons. The van der Waals surface area contributed by atoms with Gasteiger partial charge in [-0.25, -0.2) is 12.2 Å². The van der Waals surface area contributed by atoms with Crippen molar-refractivity contribution in [3.05, 3.63) is 61.4 Å². The van der Waals surface area contributed by atoms with E-state index >= 15 is 0 Å². The average Bonchev–Trinajstić information content (AvgIpc) is 1.76. The van der Waals surface area contributed by atoms with Gasteiger partial charge in [0.2, 0.25) is 0 Å². The van der Waals surface area contributed by atoms with E-state index in [-0.39, 0.29) is 57.2 Å². The van der Waals surface area contributed by atoms with Crippen molar-refractivity contribution in [2.75, 3.05) is 0 Å². The summed E-state index contributed by atoms with van der Waals surface area (Å²) in [6, 6.07) is 0. The summed E-state index contributed by atoms with van der Waals surface area (Å²) >= 11 is 0. The number of hydrogen-bond acceptors (Lipinski definition) is 0. The number of allylic oxidation sites excluding steroid dienone is 4. The maximum absolute atomic E-state index is 2.99. The molecule has 0 heterocycles. The SMILES string of the molecule is [C-]1=CC=CC1.[CH3-].[CH3-].[CH3-].[CH3-].[CH3-].[IrH4]. The summed E-state index contributed by atoms with van der Waals surface area (Å²) < 4.78 is 0. The van der Waals surface area contributed by atoms with Crippen LogP contribution in [0.3, 0.4) is 0 Å². The summed E-state index contributed by atoms with van der Waals surface area (Å²) in [5.41, 5.74) is 0. The summed E-state index contributed by atoms with van der Waals surface area (Å²) in [5.74, 6) is 0. The van der Waals surface area contributed by atoms with Gasteiger partial charge in [0.15, 0.2) is 0 Å². The van der Waals surface area contributed by atoms with Gasteiger partial charge in [0.1, 0.15) is 0 Å². The Hall–Kier alpha value is 0.129. The van der Waals surface area contributed by atoms with Crippen LogP contribution in [-0.2, 0) is 20.1 Å². The first-order valence-electron chi connectivity index (χ1n) is 1.72. The zero-order valence-electron chi connectivity index (χ0n) is 8.39. The molecule has 1 aliphatic carbocycles. The molecule has 0 saturated carbocycles. The Balaban J connectivity index is -0.0000000104. The van der Waals surface area contributed by atoms with Gasteiger partial charge in [-0.05, 0) is 0 Å². The van der Waals surface area contributed by atoms with E-state index in [1.165, 1.54) is 0 Å². The van der Waals surface area contributed by atoms with E-state index in [1.54, 1.807) is 0 Å². The fourth-order valence-corrected chi connectivity index (χ4v) is 0.340. The number of hydrogen-bond donors (Lipinski definition) is 0. The minimum absolute atomic E-state index is 0. The average molecular weight is 337 g/mol. The van der Waals surface area contributed by atoms with Gasteiger partial charge in [0, 0.05) is 0 Å². The quantitative estimate of drug-likeness (QED) is 0.596. The predicted molar refractivity (Wildman–Crippen MR) is 59.2 cm³/mol. The molecule has 11 heavy (non-hydrogen) atoms. The molecule has 0 aliphatic heterocycles. The summed E-state index contributed by atoms with van der Waals surface area (Å²) in [5, 5.41) is 0. The van der Waals surface area contributed by atoms with Crippen molar-refractivity contribution in [1.29, 1.82) is 0 Å². The molecule has 0 N–H and O–H groups in total. The van der Waals surface area contributed by atoms with Crippen LogP contribution >= 0.6 is 0 Å². The van der Waals surface area contributed by atoms with Crippen molar-refractivity contribution in [2.45, 2.75) is 6.42 Å². The van der Waals surface area contributed by atoms with Gasteiger partial charge in [0.05, 0.1) is 0 Å². The molecular formula is C10H24Ir-6. The Kier molecular flexibility index (Phi) is 127. The fraction of sp³-hybridized carbons (Fsp3) is 0.100. The molecule has 0 bridgehead atoms. The van der Waals surface area contributed by atoms with Crippen molar-refractivity contribution in [3.8, 4) is 0 Å². The zero-order valence-corrected chi connectivity index (χ0v) is 11.6. The van der Waals surface area contributed by atoms with Crippen LogP contribution in [0, 0.1) is 43.2 Å². The molecule has 1 heteroatoms. The Morgan fingerprint density at radius 3 is 1.45 bits per heavy atom. The fourth-order valence-electron chi connectivity index (χ4n) is 0.340. The van der Waals surface area contributed by atoms with Gasteiger partial charge in [0.25, 0.3) is 0 Å². The molecular weight excluding hydrogens is 312 g/mol. The molecule has 0 fully saturated rings. The van der Waals surface area contributed by atoms with Crippen LogP contribution < -0.4 is 0 Å². The van der Waals surface area contributed by atoms with Crippen molar-refractivity contribution in [1.82, 2.24) is 0 Å². The van der Waals surface area contributed by atoms with E-state index in [1.807, 2.05) is 12.2 Å². The Labute approximate surface area is 88.1 Å². The van der Waals surface area contributed by atoms with Crippen LogP contribution in [0.4, 0.5) is 0 Å². The van der Waals surface area contributed by atoms with Crippen molar-refractivity contribution in [2.24, 2.45) is 0 Å². The first kappa shape index (κ1) is 43.4. The first-order chi connectivity index (χ1) is 2.50. The molecule has 0 amide bonds. The molecule has 0 nitrogen and oxygen atoms in total. The second-order valence-corrected chi connectivity index (χ2v) is 1.00. The number of rotatable bonds is 0. The molecule has 0 unspecified atom stereocenters. The molecule has 1 aliphatic rings. The molecule has 0 aromatic heterocycles. The summed E-state index contributed by atoms with van der Waals surface area (Å²) in [6.45, 7) is 0. The topological polar surface area (TPSA) is 0 Å². The van der Waals surface area contributed by atoms with Crippen molar-refractivity contribution in [3.63, 3.8) is 0 Å². The molecule has 0 spiro atoms. The van der Waals surface area contributed by atoms with Gasteiger partial charge in [-0.3, -0.25) is 6.08 Å². The van der Waals surface area contributed by atoms with E-state index < -0.39 is 0 Å². The van der Waals surface area contributed by atoms with E-state index in [9.17, 15) is 0 Å². The van der Waals surface area contributed by atoms with Gasteiger partial charge in [-0.2, -0.15) is 6.08 Å². The summed E-state index contributed by atoms with van der Waals surface area (Å²) in [4.78, 5) is 0. The molecule has 0 saturated heterocycles. The molecule has 0 aromatic carbocycles. The molecule has 79 valence electrons. The summed E-state index contributed by atoms with van der Waals surface area (Å²) in [6.07, 6.45) is 10.0. The van der Waals surface area contributed by atoms with Crippen LogP contribution in [-0.4, -0.2) is 0 Å².